The van der Waals surface area contributed by atoms with Gasteiger partial charge in [0.2, 0.25) is 0 Å². The molecule has 1 aromatic heterocycles. The van der Waals surface area contributed by atoms with Gasteiger partial charge in [0.25, 0.3) is 0 Å². The average Bonchev–Trinajstić information content (AvgIpc) is 3.18. The number of hydrogen-bond acceptors (Lipinski definition) is 1. The van der Waals surface area contributed by atoms with Gasteiger partial charge in [0, 0.05) is 21.2 Å². The Morgan fingerprint density at radius 2 is 2.04 bits per heavy atom. The van der Waals surface area contributed by atoms with Crippen LogP contribution >= 0.6 is 0 Å². The molecule has 0 radical (unpaired) electrons. The van der Waals surface area contributed by atoms with Crippen molar-refractivity contribution < 1.29 is 8.22 Å². The summed E-state index contributed by atoms with van der Waals surface area (Å²) in [5.41, 5.74) is 2.65. The Balaban J connectivity index is 1.90. The van der Waals surface area contributed by atoms with Crippen molar-refractivity contribution in [1.29, 1.82) is 0 Å². The van der Waals surface area contributed by atoms with Gasteiger partial charge in [0.1, 0.15) is 0 Å². The number of aryl methyl sites for hydroxylation is 2. The van der Waals surface area contributed by atoms with Crippen LogP contribution in [0.4, 0.5) is 0 Å². The van der Waals surface area contributed by atoms with Crippen molar-refractivity contribution in [3.63, 3.8) is 0 Å². The van der Waals surface area contributed by atoms with Gasteiger partial charge in [-0.05, 0) is 55.2 Å². The lowest BCUT2D eigenvalue weighted by Crippen LogP contribution is -1.98. The molecular weight excluding hydrogens is 290 g/mol. The van der Waals surface area contributed by atoms with Crippen LogP contribution in [0.25, 0.3) is 22.0 Å². The summed E-state index contributed by atoms with van der Waals surface area (Å²) in [6.07, 6.45) is 5.84. The molecule has 4 rings (SSSR count). The van der Waals surface area contributed by atoms with E-state index in [1.807, 2.05) is 18.2 Å². The first-order valence-corrected chi connectivity index (χ1v) is 8.67. The van der Waals surface area contributed by atoms with Crippen LogP contribution in [0.5, 0.6) is 0 Å². The van der Waals surface area contributed by atoms with E-state index in [0.29, 0.717) is 27.9 Å². The highest BCUT2D eigenvalue weighted by atomic mass is 14.7. The number of rotatable bonds is 3. The molecule has 0 amide bonds. The molecule has 0 saturated heterocycles. The molecule has 0 unspecified atom stereocenters. The molecule has 0 spiro atoms. The zero-order valence-corrected chi connectivity index (χ0v) is 13.9. The fraction of sp³-hybridized carbons (Fsp3) is 0.348. The Morgan fingerprint density at radius 3 is 2.88 bits per heavy atom. The molecular formula is C23H25N. The summed E-state index contributed by atoms with van der Waals surface area (Å²) >= 11 is 0. The molecule has 0 bridgehead atoms. The summed E-state index contributed by atoms with van der Waals surface area (Å²) in [6.45, 7) is -0.609. The molecule has 1 saturated carbocycles. The third kappa shape index (κ3) is 3.08. The quantitative estimate of drug-likeness (QED) is 0.555. The van der Waals surface area contributed by atoms with Gasteiger partial charge >= 0.3 is 0 Å². The van der Waals surface area contributed by atoms with Crippen LogP contribution in [-0.4, -0.2) is 4.98 Å². The van der Waals surface area contributed by atoms with Crippen LogP contribution in [0.2, 0.25) is 0 Å². The van der Waals surface area contributed by atoms with Gasteiger partial charge in [0.05, 0.1) is 9.81 Å². The Morgan fingerprint density at radius 1 is 1.17 bits per heavy atom. The van der Waals surface area contributed by atoms with E-state index in [1.165, 1.54) is 31.7 Å². The molecule has 0 N–H and O–H groups in total. The number of benzene rings is 2. The molecule has 24 heavy (non-hydrogen) atoms. The lowest BCUT2D eigenvalue weighted by Gasteiger charge is -2.12. The Kier molecular flexibility index (Phi) is 2.66. The highest BCUT2D eigenvalue weighted by Crippen LogP contribution is 2.31. The summed E-state index contributed by atoms with van der Waals surface area (Å²) in [5.74, 6) is 0.673. The predicted molar refractivity (Wildman–Crippen MR) is 102 cm³/mol. The van der Waals surface area contributed by atoms with Crippen LogP contribution in [0.3, 0.4) is 0 Å². The third-order valence-electron chi connectivity index (χ3n) is 4.96. The monoisotopic (exact) mass is 321 g/mol. The van der Waals surface area contributed by atoms with E-state index in [9.17, 15) is 0 Å². The standard InChI is InChI=1S/C23H25N/c1-16-11-17(2)13-21(12-16)23-22-8-7-19(14-18-5-3-4-6-18)15-20(22)9-10-24-23/h7-13,15,18H,3-6,14H2,1-2H3/i1D3,9D,10D,12D. The zero-order valence-electron chi connectivity index (χ0n) is 19.9. The maximum atomic E-state index is 8.52. The highest BCUT2D eigenvalue weighted by Gasteiger charge is 2.16. The fourth-order valence-corrected chi connectivity index (χ4v) is 3.83. The number of aromatic nitrogens is 1. The minimum Gasteiger partial charge on any atom is -0.256 e. The van der Waals surface area contributed by atoms with Crippen LogP contribution in [0, 0.1) is 19.7 Å². The van der Waals surface area contributed by atoms with Gasteiger partial charge < -0.3 is 0 Å². The number of hydrogen-bond donors (Lipinski definition) is 0. The smallest absolute Gasteiger partial charge is 0.0840 e. The van der Waals surface area contributed by atoms with Crippen molar-refractivity contribution in [2.75, 3.05) is 0 Å². The summed E-state index contributed by atoms with van der Waals surface area (Å²) in [5, 5.41) is 1.32. The molecule has 0 aliphatic heterocycles. The highest BCUT2D eigenvalue weighted by molar-refractivity contribution is 5.95. The maximum Gasteiger partial charge on any atom is 0.0840 e. The lowest BCUT2D eigenvalue weighted by atomic mass is 9.94. The number of nitrogens with zero attached hydrogens (tertiary/aromatic N) is 1. The first-order chi connectivity index (χ1) is 14.1. The second-order valence-corrected chi connectivity index (χ2v) is 6.92. The summed E-state index contributed by atoms with van der Waals surface area (Å²) < 4.78 is 48.4. The topological polar surface area (TPSA) is 12.9 Å². The van der Waals surface area contributed by atoms with Crippen LogP contribution in [0.1, 0.15) is 50.6 Å². The average molecular weight is 321 g/mol. The molecule has 122 valence electrons. The van der Waals surface area contributed by atoms with Gasteiger partial charge in [0.15, 0.2) is 0 Å². The largest absolute Gasteiger partial charge is 0.256 e. The van der Waals surface area contributed by atoms with E-state index >= 15 is 0 Å². The lowest BCUT2D eigenvalue weighted by molar-refractivity contribution is 0.547. The predicted octanol–water partition coefficient (Wildman–Crippen LogP) is 6.25. The molecule has 1 fully saturated rings. The molecule has 1 aliphatic rings. The van der Waals surface area contributed by atoms with Gasteiger partial charge in [-0.3, -0.25) is 4.98 Å². The Bertz CT molecular complexity index is 1110. The molecule has 1 heterocycles. The van der Waals surface area contributed by atoms with E-state index in [-0.39, 0.29) is 23.8 Å². The van der Waals surface area contributed by atoms with Gasteiger partial charge in [-0.2, -0.15) is 0 Å². The third-order valence-corrected chi connectivity index (χ3v) is 4.96. The number of pyridine rings is 1. The second kappa shape index (κ2) is 6.39. The number of fused-ring (bicyclic) bond motifs is 1. The van der Waals surface area contributed by atoms with Crippen LogP contribution in [0.15, 0.2) is 48.6 Å². The first kappa shape index (κ1) is 9.98. The molecule has 1 heteroatoms. The van der Waals surface area contributed by atoms with E-state index in [0.717, 1.165) is 17.5 Å². The van der Waals surface area contributed by atoms with Crippen LogP contribution < -0.4 is 0 Å². The summed E-state index contributed by atoms with van der Waals surface area (Å²) in [6, 6.07) is 9.16. The van der Waals surface area contributed by atoms with E-state index < -0.39 is 6.85 Å². The van der Waals surface area contributed by atoms with E-state index in [4.69, 9.17) is 8.22 Å². The molecule has 1 nitrogen and oxygen atoms in total. The molecule has 1 aliphatic carbocycles. The Labute approximate surface area is 153 Å². The van der Waals surface area contributed by atoms with Crippen molar-refractivity contribution in [2.24, 2.45) is 5.92 Å². The first-order valence-electron chi connectivity index (χ1n) is 11.7. The summed E-state index contributed by atoms with van der Waals surface area (Å²) in [4.78, 5) is 4.30. The van der Waals surface area contributed by atoms with Crippen LogP contribution in [-0.2, 0) is 6.42 Å². The zero-order chi connectivity index (χ0) is 21.6. The van der Waals surface area contributed by atoms with Gasteiger partial charge in [-0.1, -0.05) is 61.1 Å². The van der Waals surface area contributed by atoms with Crippen molar-refractivity contribution in [1.82, 2.24) is 4.98 Å². The molecule has 2 aromatic carbocycles. The minimum absolute atomic E-state index is 0.0215. The molecule has 3 aromatic rings. The van der Waals surface area contributed by atoms with Crippen molar-refractivity contribution in [3.05, 3.63) is 65.3 Å². The maximum absolute atomic E-state index is 8.52. The summed E-state index contributed by atoms with van der Waals surface area (Å²) in [7, 11) is 0. The van der Waals surface area contributed by atoms with Crippen molar-refractivity contribution in [2.45, 2.75) is 45.9 Å². The van der Waals surface area contributed by atoms with Gasteiger partial charge in [-0.15, -0.1) is 0 Å². The normalized spacial score (nSPS) is 19.4. The fourth-order valence-electron chi connectivity index (χ4n) is 3.83. The second-order valence-electron chi connectivity index (χ2n) is 6.92. The van der Waals surface area contributed by atoms with Crippen molar-refractivity contribution in [3.8, 4) is 11.3 Å². The minimum atomic E-state index is -2.40. The van der Waals surface area contributed by atoms with Gasteiger partial charge in [-0.25, -0.2) is 0 Å². The SMILES string of the molecule is [2H]c1nc(-c2cc(C)cc(C([2H])([2H])[2H])c2[2H])c2ccc(CC3CCCC3)cc2c1[2H]. The molecule has 0 atom stereocenters. The van der Waals surface area contributed by atoms with E-state index in [2.05, 4.69) is 4.98 Å². The Hall–Kier alpha value is -2.15. The van der Waals surface area contributed by atoms with E-state index in [1.54, 1.807) is 13.0 Å². The van der Waals surface area contributed by atoms with Crippen molar-refractivity contribution >= 4 is 10.8 Å².